The van der Waals surface area contributed by atoms with Gasteiger partial charge in [0.05, 0.1) is 0 Å². The molecule has 0 aromatic carbocycles. The van der Waals surface area contributed by atoms with Crippen LogP contribution < -0.4 is 15.4 Å². The molecule has 0 radical (unpaired) electrons. The van der Waals surface area contributed by atoms with Crippen molar-refractivity contribution in [1.82, 2.24) is 15.6 Å². The maximum absolute atomic E-state index is 12.1. The van der Waals surface area contributed by atoms with Crippen molar-refractivity contribution in [2.24, 2.45) is 10.9 Å². The van der Waals surface area contributed by atoms with Crippen molar-refractivity contribution in [2.75, 3.05) is 20.2 Å². The molecule has 0 aliphatic rings. The zero-order valence-corrected chi connectivity index (χ0v) is 18.8. The van der Waals surface area contributed by atoms with Gasteiger partial charge in [0.15, 0.2) is 12.6 Å². The first-order valence-corrected chi connectivity index (χ1v) is 9.35. The second-order valence-electron chi connectivity index (χ2n) is 6.10. The fraction of sp³-hybridized carbons (Fsp3) is 0.444. The lowest BCUT2D eigenvalue weighted by molar-refractivity contribution is -0.154. The molecule has 2 aromatic rings. The van der Waals surface area contributed by atoms with E-state index in [1.807, 2.05) is 6.07 Å². The highest BCUT2D eigenvalue weighted by Gasteiger charge is 2.28. The van der Waals surface area contributed by atoms with Gasteiger partial charge < -0.3 is 15.4 Å². The molecule has 0 saturated carbocycles. The van der Waals surface area contributed by atoms with Crippen molar-refractivity contribution in [3.8, 4) is 5.88 Å². The summed E-state index contributed by atoms with van der Waals surface area (Å²) in [6, 6.07) is 7.26. The first-order valence-electron chi connectivity index (χ1n) is 8.47. The summed E-state index contributed by atoms with van der Waals surface area (Å²) in [5.41, 5.74) is 0.809. The van der Waals surface area contributed by atoms with Gasteiger partial charge in [-0.2, -0.15) is 13.2 Å². The number of rotatable bonds is 8. The molecule has 28 heavy (non-hydrogen) atoms. The zero-order valence-electron chi connectivity index (χ0n) is 15.6. The molecule has 2 N–H and O–H groups in total. The Morgan fingerprint density at radius 3 is 2.64 bits per heavy atom. The van der Waals surface area contributed by atoms with Crippen LogP contribution in [0.4, 0.5) is 13.2 Å². The van der Waals surface area contributed by atoms with Crippen LogP contribution in [-0.2, 0) is 13.0 Å². The molecule has 0 fully saturated rings. The number of hydrogen-bond donors (Lipinski definition) is 2. The van der Waals surface area contributed by atoms with Crippen LogP contribution in [0, 0.1) is 5.92 Å². The third kappa shape index (κ3) is 9.58. The van der Waals surface area contributed by atoms with Crippen LogP contribution in [0.1, 0.15) is 17.4 Å². The van der Waals surface area contributed by atoms with Crippen LogP contribution in [0.2, 0.25) is 0 Å². The van der Waals surface area contributed by atoms with Crippen molar-refractivity contribution < 1.29 is 17.9 Å². The summed E-state index contributed by atoms with van der Waals surface area (Å²) in [5.74, 6) is 1.06. The lowest BCUT2D eigenvalue weighted by Crippen LogP contribution is -2.39. The Morgan fingerprint density at radius 1 is 1.29 bits per heavy atom. The van der Waals surface area contributed by atoms with Gasteiger partial charge in [0.25, 0.3) is 0 Å². The lowest BCUT2D eigenvalue weighted by atomic mass is 10.1. The third-order valence-corrected chi connectivity index (χ3v) is 4.51. The molecule has 0 spiro atoms. The van der Waals surface area contributed by atoms with Crippen molar-refractivity contribution in [1.29, 1.82) is 0 Å². The fourth-order valence-corrected chi connectivity index (χ4v) is 3.15. The number of guanidine groups is 1. The number of pyridine rings is 1. The molecule has 0 amide bonds. The van der Waals surface area contributed by atoms with E-state index in [1.54, 1.807) is 24.5 Å². The van der Waals surface area contributed by atoms with E-state index in [-0.39, 0.29) is 29.9 Å². The Kier molecular flexibility index (Phi) is 10.6. The summed E-state index contributed by atoms with van der Waals surface area (Å²) in [7, 11) is 1.69. The Balaban J connectivity index is 0.00000392. The summed E-state index contributed by atoms with van der Waals surface area (Å²) in [5, 5.41) is 8.50. The second kappa shape index (κ2) is 12.1. The van der Waals surface area contributed by atoms with Crippen LogP contribution in [0.15, 0.2) is 40.8 Å². The van der Waals surface area contributed by atoms with Crippen LogP contribution in [0.5, 0.6) is 5.88 Å². The molecule has 0 saturated heterocycles. The zero-order chi connectivity index (χ0) is 19.7. The molecule has 156 valence electrons. The maximum atomic E-state index is 12.1. The van der Waals surface area contributed by atoms with Gasteiger partial charge in [-0.3, -0.25) is 4.99 Å². The molecule has 0 bridgehead atoms. The van der Waals surface area contributed by atoms with Gasteiger partial charge >= 0.3 is 6.18 Å². The topological polar surface area (TPSA) is 58.5 Å². The monoisotopic (exact) mass is 528 g/mol. The van der Waals surface area contributed by atoms with Crippen molar-refractivity contribution in [3.63, 3.8) is 0 Å². The Hall–Kier alpha value is -1.56. The molecular formula is C18H24F3IN4OS. The number of nitrogens with one attached hydrogen (secondary N) is 2. The number of aromatic nitrogens is 1. The SMILES string of the molecule is CN=C(NCc1ccc(OCC(F)(F)F)nc1)NCC(C)Cc1cccs1.I. The number of nitrogens with zero attached hydrogens (tertiary/aromatic N) is 2. The molecule has 5 nitrogen and oxygen atoms in total. The molecule has 0 aliphatic heterocycles. The maximum Gasteiger partial charge on any atom is 0.422 e. The minimum atomic E-state index is -4.37. The van der Waals surface area contributed by atoms with Gasteiger partial charge in [0.1, 0.15) is 0 Å². The fourth-order valence-electron chi connectivity index (χ4n) is 2.28. The van der Waals surface area contributed by atoms with Gasteiger partial charge in [-0.05, 0) is 29.3 Å². The average Bonchev–Trinajstić information content (AvgIpc) is 3.13. The van der Waals surface area contributed by atoms with Crippen LogP contribution in [0.25, 0.3) is 0 Å². The summed E-state index contributed by atoms with van der Waals surface area (Å²) in [6.07, 6.45) is -1.89. The predicted octanol–water partition coefficient (Wildman–Crippen LogP) is 4.25. The molecular weight excluding hydrogens is 504 g/mol. The number of hydrogen-bond acceptors (Lipinski definition) is 4. The highest BCUT2D eigenvalue weighted by atomic mass is 127. The van der Waals surface area contributed by atoms with Gasteiger partial charge in [-0.1, -0.05) is 19.1 Å². The van der Waals surface area contributed by atoms with E-state index in [0.29, 0.717) is 18.4 Å². The Labute approximate surface area is 183 Å². The van der Waals surface area contributed by atoms with E-state index >= 15 is 0 Å². The van der Waals surface area contributed by atoms with E-state index in [0.717, 1.165) is 18.5 Å². The van der Waals surface area contributed by atoms with Crippen molar-refractivity contribution in [2.45, 2.75) is 26.1 Å². The molecule has 2 heterocycles. The van der Waals surface area contributed by atoms with Crippen LogP contribution >= 0.6 is 35.3 Å². The lowest BCUT2D eigenvalue weighted by Gasteiger charge is -2.15. The first kappa shape index (κ1) is 24.5. The highest BCUT2D eigenvalue weighted by molar-refractivity contribution is 14.0. The standard InChI is InChI=1S/C18H23F3N4OS.HI/c1-13(8-15-4-3-7-27-15)9-24-17(22-2)25-11-14-5-6-16(23-10-14)26-12-18(19,20)21;/h3-7,10,13H,8-9,11-12H2,1-2H3,(H2,22,24,25);1H. The van der Waals surface area contributed by atoms with E-state index in [1.165, 1.54) is 17.1 Å². The number of ether oxygens (including phenoxy) is 1. The number of aliphatic imine (C=N–C) groups is 1. The van der Waals surface area contributed by atoms with E-state index in [2.05, 4.69) is 43.7 Å². The normalized spacial score (nSPS) is 12.8. The highest BCUT2D eigenvalue weighted by Crippen LogP contribution is 2.17. The summed E-state index contributed by atoms with van der Waals surface area (Å²) >= 11 is 1.75. The molecule has 1 atom stereocenters. The van der Waals surface area contributed by atoms with Crippen LogP contribution in [0.3, 0.4) is 0 Å². The molecule has 2 aromatic heterocycles. The average molecular weight is 528 g/mol. The van der Waals surface area contributed by atoms with Crippen molar-refractivity contribution in [3.05, 3.63) is 46.3 Å². The third-order valence-electron chi connectivity index (χ3n) is 3.61. The quantitative estimate of drug-likeness (QED) is 0.306. The number of alkyl halides is 3. The Morgan fingerprint density at radius 2 is 2.07 bits per heavy atom. The molecule has 0 aliphatic carbocycles. The Bertz CT molecular complexity index is 709. The molecule has 10 heteroatoms. The van der Waals surface area contributed by atoms with E-state index < -0.39 is 12.8 Å². The van der Waals surface area contributed by atoms with Crippen molar-refractivity contribution >= 4 is 41.3 Å². The minimum absolute atomic E-state index is 0. The van der Waals surface area contributed by atoms with Crippen LogP contribution in [-0.4, -0.2) is 37.3 Å². The summed E-state index contributed by atoms with van der Waals surface area (Å²) in [4.78, 5) is 9.41. The largest absolute Gasteiger partial charge is 0.468 e. The van der Waals surface area contributed by atoms with Gasteiger partial charge in [-0.25, -0.2) is 4.98 Å². The first-order chi connectivity index (χ1) is 12.9. The predicted molar refractivity (Wildman–Crippen MR) is 117 cm³/mol. The second-order valence-corrected chi connectivity index (χ2v) is 7.14. The summed E-state index contributed by atoms with van der Waals surface area (Å²) < 4.78 is 41.0. The summed E-state index contributed by atoms with van der Waals surface area (Å²) in [6.45, 7) is 2.05. The smallest absolute Gasteiger partial charge is 0.422 e. The number of halogens is 4. The van der Waals surface area contributed by atoms with Gasteiger partial charge in [0.2, 0.25) is 5.88 Å². The molecule has 1 unspecified atom stereocenters. The van der Waals surface area contributed by atoms with Gasteiger partial charge in [-0.15, -0.1) is 35.3 Å². The van der Waals surface area contributed by atoms with E-state index in [4.69, 9.17) is 0 Å². The molecule has 2 rings (SSSR count). The van der Waals surface area contributed by atoms with Gasteiger partial charge in [0, 0.05) is 37.3 Å². The minimum Gasteiger partial charge on any atom is -0.468 e. The van der Waals surface area contributed by atoms with E-state index in [9.17, 15) is 13.2 Å². The number of thiophene rings is 1.